The second-order valence-electron chi connectivity index (χ2n) is 6.96. The highest BCUT2D eigenvalue weighted by Gasteiger charge is 2.24. The summed E-state index contributed by atoms with van der Waals surface area (Å²) in [5, 5.41) is 7.66. The SMILES string of the molecule is O=C(NC[C@H](c1ccc(Cl)cc1)N1CCCC1)c1cc(-c2ccccc2)on1. The number of aromatic nitrogens is 1. The number of likely N-dealkylation sites (tertiary alicyclic amines) is 1. The molecular formula is C22H22ClN3O2. The fourth-order valence-corrected chi connectivity index (χ4v) is 3.72. The Hall–Kier alpha value is -2.63. The van der Waals surface area contributed by atoms with Crippen LogP contribution in [0.2, 0.25) is 5.02 Å². The van der Waals surface area contributed by atoms with Crippen molar-refractivity contribution < 1.29 is 9.32 Å². The van der Waals surface area contributed by atoms with E-state index < -0.39 is 0 Å². The summed E-state index contributed by atoms with van der Waals surface area (Å²) in [6.07, 6.45) is 2.36. The minimum absolute atomic E-state index is 0.115. The third kappa shape index (κ3) is 4.26. The lowest BCUT2D eigenvalue weighted by molar-refractivity contribution is 0.0929. The largest absolute Gasteiger partial charge is 0.355 e. The molecule has 1 atom stereocenters. The van der Waals surface area contributed by atoms with E-state index in [9.17, 15) is 4.79 Å². The molecule has 1 saturated heterocycles. The third-order valence-electron chi connectivity index (χ3n) is 5.09. The molecule has 6 heteroatoms. The van der Waals surface area contributed by atoms with Gasteiger partial charge in [-0.2, -0.15) is 0 Å². The first-order chi connectivity index (χ1) is 13.7. The predicted molar refractivity (Wildman–Crippen MR) is 109 cm³/mol. The van der Waals surface area contributed by atoms with Crippen LogP contribution in [0, 0.1) is 0 Å². The number of carbonyl (C=O) groups excluding carboxylic acids is 1. The van der Waals surface area contributed by atoms with E-state index in [-0.39, 0.29) is 17.6 Å². The summed E-state index contributed by atoms with van der Waals surface area (Å²) in [5.74, 6) is 0.351. The Kier molecular flexibility index (Phi) is 5.74. The van der Waals surface area contributed by atoms with E-state index in [1.165, 1.54) is 12.8 Å². The maximum atomic E-state index is 12.6. The van der Waals surface area contributed by atoms with E-state index in [0.717, 1.165) is 24.2 Å². The zero-order valence-electron chi connectivity index (χ0n) is 15.5. The van der Waals surface area contributed by atoms with E-state index in [4.69, 9.17) is 16.1 Å². The number of carbonyl (C=O) groups is 1. The molecule has 28 heavy (non-hydrogen) atoms. The first-order valence-electron chi connectivity index (χ1n) is 9.50. The summed E-state index contributed by atoms with van der Waals surface area (Å²) in [4.78, 5) is 15.0. The van der Waals surface area contributed by atoms with Gasteiger partial charge in [0.05, 0.1) is 6.04 Å². The van der Waals surface area contributed by atoms with E-state index in [1.54, 1.807) is 6.07 Å². The molecule has 144 valence electrons. The Morgan fingerprint density at radius 1 is 1.11 bits per heavy atom. The molecule has 4 rings (SSSR count). The summed E-state index contributed by atoms with van der Waals surface area (Å²) in [7, 11) is 0. The van der Waals surface area contributed by atoms with Crippen molar-refractivity contribution in [1.29, 1.82) is 0 Å². The highest BCUT2D eigenvalue weighted by molar-refractivity contribution is 6.30. The van der Waals surface area contributed by atoms with Gasteiger partial charge in [0.25, 0.3) is 5.91 Å². The van der Waals surface area contributed by atoms with Crippen LogP contribution < -0.4 is 5.32 Å². The van der Waals surface area contributed by atoms with Gasteiger partial charge >= 0.3 is 0 Å². The third-order valence-corrected chi connectivity index (χ3v) is 5.35. The van der Waals surface area contributed by atoms with Crippen molar-refractivity contribution in [2.45, 2.75) is 18.9 Å². The molecule has 1 N–H and O–H groups in total. The molecule has 0 bridgehead atoms. The number of nitrogens with zero attached hydrogens (tertiary/aromatic N) is 2. The van der Waals surface area contributed by atoms with Crippen molar-refractivity contribution in [2.75, 3.05) is 19.6 Å². The first kappa shape index (κ1) is 18.7. The zero-order valence-corrected chi connectivity index (χ0v) is 16.2. The van der Waals surface area contributed by atoms with Gasteiger partial charge < -0.3 is 9.84 Å². The molecule has 0 radical (unpaired) electrons. The summed E-state index contributed by atoms with van der Waals surface area (Å²) < 4.78 is 5.34. The molecule has 1 amide bonds. The number of rotatable bonds is 6. The summed E-state index contributed by atoms with van der Waals surface area (Å²) in [6.45, 7) is 2.57. The van der Waals surface area contributed by atoms with E-state index in [0.29, 0.717) is 17.3 Å². The van der Waals surface area contributed by atoms with Crippen LogP contribution >= 0.6 is 11.6 Å². The minimum atomic E-state index is -0.232. The van der Waals surface area contributed by atoms with Gasteiger partial charge in [0.1, 0.15) is 0 Å². The topological polar surface area (TPSA) is 58.4 Å². The normalized spacial score (nSPS) is 15.5. The van der Waals surface area contributed by atoms with Crippen LogP contribution in [0.5, 0.6) is 0 Å². The van der Waals surface area contributed by atoms with Gasteiger partial charge in [0.2, 0.25) is 0 Å². The van der Waals surface area contributed by atoms with Crippen LogP contribution in [0.25, 0.3) is 11.3 Å². The molecule has 1 fully saturated rings. The van der Waals surface area contributed by atoms with Crippen molar-refractivity contribution in [1.82, 2.24) is 15.4 Å². The molecular weight excluding hydrogens is 374 g/mol. The summed E-state index contributed by atoms with van der Waals surface area (Å²) in [5.41, 5.74) is 2.33. The van der Waals surface area contributed by atoms with Gasteiger partial charge in [-0.25, -0.2) is 0 Å². The maximum absolute atomic E-state index is 12.6. The van der Waals surface area contributed by atoms with Crippen molar-refractivity contribution in [3.8, 4) is 11.3 Å². The van der Waals surface area contributed by atoms with Gasteiger partial charge in [-0.1, -0.05) is 59.2 Å². The van der Waals surface area contributed by atoms with Crippen molar-refractivity contribution in [3.05, 3.63) is 76.9 Å². The fourth-order valence-electron chi connectivity index (χ4n) is 3.60. The molecule has 2 heterocycles. The van der Waals surface area contributed by atoms with Crippen LogP contribution in [0.3, 0.4) is 0 Å². The second-order valence-corrected chi connectivity index (χ2v) is 7.40. The Balaban J connectivity index is 1.45. The summed E-state index contributed by atoms with van der Waals surface area (Å²) in [6, 6.07) is 19.3. The lowest BCUT2D eigenvalue weighted by atomic mass is 10.1. The van der Waals surface area contributed by atoms with Crippen LogP contribution in [-0.4, -0.2) is 35.6 Å². The number of benzene rings is 2. The lowest BCUT2D eigenvalue weighted by Crippen LogP contribution is -2.36. The molecule has 5 nitrogen and oxygen atoms in total. The van der Waals surface area contributed by atoms with E-state index in [1.807, 2.05) is 54.6 Å². The maximum Gasteiger partial charge on any atom is 0.273 e. The molecule has 1 aliphatic rings. The number of halogens is 1. The smallest absolute Gasteiger partial charge is 0.273 e. The Morgan fingerprint density at radius 2 is 1.82 bits per heavy atom. The quantitative estimate of drug-likeness (QED) is 0.664. The minimum Gasteiger partial charge on any atom is -0.355 e. The molecule has 1 aliphatic heterocycles. The first-order valence-corrected chi connectivity index (χ1v) is 9.88. The average molecular weight is 396 g/mol. The van der Waals surface area contributed by atoms with Gasteiger partial charge in [-0.3, -0.25) is 9.69 Å². The van der Waals surface area contributed by atoms with Crippen molar-refractivity contribution >= 4 is 17.5 Å². The lowest BCUT2D eigenvalue weighted by Gasteiger charge is -2.28. The molecule has 0 spiro atoms. The van der Waals surface area contributed by atoms with Crippen LogP contribution in [0.1, 0.15) is 34.9 Å². The Labute approximate surface area is 169 Å². The standard InChI is InChI=1S/C22H22ClN3O2/c23-18-10-8-16(9-11-18)20(26-12-4-5-13-26)15-24-22(27)19-14-21(28-25-19)17-6-2-1-3-7-17/h1-3,6-11,14,20H,4-5,12-13,15H2,(H,24,27)/t20-/m1/s1. The monoisotopic (exact) mass is 395 g/mol. The Bertz CT molecular complexity index is 918. The molecule has 3 aromatic rings. The van der Waals surface area contributed by atoms with Gasteiger partial charge in [0.15, 0.2) is 11.5 Å². The average Bonchev–Trinajstić information content (AvgIpc) is 3.42. The number of hydrogen-bond acceptors (Lipinski definition) is 4. The van der Waals surface area contributed by atoms with Gasteiger partial charge in [-0.05, 0) is 43.6 Å². The van der Waals surface area contributed by atoms with Crippen LogP contribution in [-0.2, 0) is 0 Å². The predicted octanol–water partition coefficient (Wildman–Crippen LogP) is 4.56. The van der Waals surface area contributed by atoms with E-state index >= 15 is 0 Å². The molecule has 1 aromatic heterocycles. The number of amides is 1. The highest BCUT2D eigenvalue weighted by Crippen LogP contribution is 2.26. The zero-order chi connectivity index (χ0) is 19.3. The van der Waals surface area contributed by atoms with Crippen molar-refractivity contribution in [2.24, 2.45) is 0 Å². The number of nitrogens with one attached hydrogen (secondary N) is 1. The van der Waals surface area contributed by atoms with Crippen molar-refractivity contribution in [3.63, 3.8) is 0 Å². The van der Waals surface area contributed by atoms with Gasteiger partial charge in [0, 0.05) is 23.2 Å². The molecule has 0 aliphatic carbocycles. The van der Waals surface area contributed by atoms with Gasteiger partial charge in [-0.15, -0.1) is 0 Å². The van der Waals surface area contributed by atoms with Crippen LogP contribution in [0.15, 0.2) is 65.2 Å². The molecule has 0 unspecified atom stereocenters. The summed E-state index contributed by atoms with van der Waals surface area (Å²) >= 11 is 6.03. The van der Waals surface area contributed by atoms with E-state index in [2.05, 4.69) is 15.4 Å². The number of hydrogen-bond donors (Lipinski definition) is 1. The molecule has 0 saturated carbocycles. The second kappa shape index (κ2) is 8.59. The Morgan fingerprint density at radius 3 is 2.54 bits per heavy atom. The van der Waals surface area contributed by atoms with Crippen LogP contribution in [0.4, 0.5) is 0 Å². The molecule has 2 aromatic carbocycles. The highest BCUT2D eigenvalue weighted by atomic mass is 35.5. The fraction of sp³-hybridized carbons (Fsp3) is 0.273.